The van der Waals surface area contributed by atoms with E-state index in [9.17, 15) is 9.18 Å². The van der Waals surface area contributed by atoms with Crippen LogP contribution in [-0.2, 0) is 6.54 Å². The van der Waals surface area contributed by atoms with Crippen molar-refractivity contribution in [1.29, 1.82) is 0 Å². The molecular weight excluding hydrogens is 309 g/mol. The van der Waals surface area contributed by atoms with Gasteiger partial charge in [0.1, 0.15) is 11.5 Å². The van der Waals surface area contributed by atoms with Gasteiger partial charge >= 0.3 is 0 Å². The van der Waals surface area contributed by atoms with Gasteiger partial charge in [-0.3, -0.25) is 9.78 Å². The van der Waals surface area contributed by atoms with Crippen LogP contribution in [0.5, 0.6) is 5.88 Å². The van der Waals surface area contributed by atoms with Gasteiger partial charge in [0.05, 0.1) is 19.3 Å². The fourth-order valence-electron chi connectivity index (χ4n) is 1.63. The number of rotatable bonds is 4. The molecule has 0 aliphatic carbocycles. The topological polar surface area (TPSA) is 64.1 Å². The average molecular weight is 335 g/mol. The number of hydrogen-bond acceptors (Lipinski definition) is 4. The predicted molar refractivity (Wildman–Crippen MR) is 93.6 cm³/mol. The molecule has 0 radical (unpaired) electrons. The minimum Gasteiger partial charge on any atom is -0.480 e. The summed E-state index contributed by atoms with van der Waals surface area (Å²) in [6.07, 6.45) is 1.60. The Labute approximate surface area is 143 Å². The van der Waals surface area contributed by atoms with Gasteiger partial charge in [0, 0.05) is 11.8 Å². The summed E-state index contributed by atoms with van der Waals surface area (Å²) in [5.74, 6) is -0.313. The van der Waals surface area contributed by atoms with Gasteiger partial charge in [0.2, 0.25) is 5.88 Å². The van der Waals surface area contributed by atoms with E-state index < -0.39 is 0 Å². The lowest BCUT2D eigenvalue weighted by molar-refractivity contribution is 0.0950. The molecule has 5 nitrogen and oxygen atoms in total. The molecule has 0 fully saturated rings. The number of benzene rings is 1. The van der Waals surface area contributed by atoms with E-state index >= 15 is 0 Å². The first-order chi connectivity index (χ1) is 11.6. The molecule has 1 N–H and O–H groups in total. The summed E-state index contributed by atoms with van der Waals surface area (Å²) in [5.41, 5.74) is 1.65. The molecule has 2 aromatic rings. The summed E-state index contributed by atoms with van der Waals surface area (Å²) in [6, 6.07) is 5.31. The molecule has 1 aromatic heterocycles. The number of nitrogens with one attached hydrogen (secondary N) is 1. The molecular formula is C18H26FN3O2. The maximum absolute atomic E-state index is 12.8. The van der Waals surface area contributed by atoms with E-state index in [4.69, 9.17) is 4.74 Å². The minimum atomic E-state index is -0.382. The molecule has 2 rings (SSSR count). The lowest BCUT2D eigenvalue weighted by atomic mass is 10.2. The molecule has 1 heterocycles. The predicted octanol–water partition coefficient (Wildman–Crippen LogP) is 3.92. The summed E-state index contributed by atoms with van der Waals surface area (Å²) < 4.78 is 17.9. The average Bonchev–Trinajstić information content (AvgIpc) is 2.64. The molecule has 1 amide bonds. The molecule has 0 spiro atoms. The van der Waals surface area contributed by atoms with Crippen molar-refractivity contribution in [2.75, 3.05) is 7.11 Å². The molecule has 0 atom stereocenters. The second kappa shape index (κ2) is 12.0. The van der Waals surface area contributed by atoms with Gasteiger partial charge in [0.15, 0.2) is 0 Å². The lowest BCUT2D eigenvalue weighted by Crippen LogP contribution is -2.23. The Morgan fingerprint density at radius 3 is 2.29 bits per heavy atom. The second-order valence-corrected chi connectivity index (χ2v) is 4.16. The van der Waals surface area contributed by atoms with Crippen LogP contribution in [0.1, 0.15) is 49.4 Å². The number of aryl methyl sites for hydroxylation is 1. The number of carbonyl (C=O) groups is 1. The van der Waals surface area contributed by atoms with Crippen molar-refractivity contribution >= 4 is 5.91 Å². The monoisotopic (exact) mass is 335 g/mol. The SMILES string of the molecule is CC.CC.COc1nc(C)cnc1CNC(=O)c1ccc(F)cc1. The van der Waals surface area contributed by atoms with E-state index in [1.165, 1.54) is 31.4 Å². The molecule has 0 bridgehead atoms. The highest BCUT2D eigenvalue weighted by Crippen LogP contribution is 2.12. The van der Waals surface area contributed by atoms with Gasteiger partial charge in [-0.2, -0.15) is 0 Å². The van der Waals surface area contributed by atoms with Gasteiger partial charge < -0.3 is 10.1 Å². The summed E-state index contributed by atoms with van der Waals surface area (Å²) in [6.45, 7) is 9.99. The molecule has 0 aliphatic rings. The smallest absolute Gasteiger partial charge is 0.251 e. The Morgan fingerprint density at radius 2 is 1.75 bits per heavy atom. The van der Waals surface area contributed by atoms with Crippen molar-refractivity contribution in [3.63, 3.8) is 0 Å². The van der Waals surface area contributed by atoms with Crippen LogP contribution in [0.25, 0.3) is 0 Å². The summed E-state index contributed by atoms with van der Waals surface area (Å²) in [7, 11) is 1.49. The standard InChI is InChI=1S/C14H14FN3O2.2C2H6/c1-9-7-16-12(14(18-9)20-2)8-17-13(19)10-3-5-11(15)6-4-10;2*1-2/h3-7H,8H2,1-2H3,(H,17,19);2*1-2H3. The van der Waals surface area contributed by atoms with Gasteiger partial charge in [0.25, 0.3) is 5.91 Å². The van der Waals surface area contributed by atoms with E-state index in [1.54, 1.807) is 13.1 Å². The first-order valence-electron chi connectivity index (χ1n) is 8.00. The minimum absolute atomic E-state index is 0.187. The highest BCUT2D eigenvalue weighted by molar-refractivity contribution is 5.94. The Morgan fingerprint density at radius 1 is 1.17 bits per heavy atom. The summed E-state index contributed by atoms with van der Waals surface area (Å²) >= 11 is 0. The van der Waals surface area contributed by atoms with Crippen molar-refractivity contribution < 1.29 is 13.9 Å². The van der Waals surface area contributed by atoms with Crippen molar-refractivity contribution in [3.8, 4) is 5.88 Å². The molecule has 0 saturated carbocycles. The second-order valence-electron chi connectivity index (χ2n) is 4.16. The fourth-order valence-corrected chi connectivity index (χ4v) is 1.63. The quantitative estimate of drug-likeness (QED) is 0.920. The van der Waals surface area contributed by atoms with Gasteiger partial charge in [-0.05, 0) is 31.2 Å². The maximum atomic E-state index is 12.8. The molecule has 0 unspecified atom stereocenters. The molecule has 0 aliphatic heterocycles. The third-order valence-corrected chi connectivity index (χ3v) is 2.65. The number of methoxy groups -OCH3 is 1. The van der Waals surface area contributed by atoms with Gasteiger partial charge in [-0.1, -0.05) is 27.7 Å². The normalized spacial score (nSPS) is 8.96. The number of ether oxygens (including phenoxy) is 1. The Kier molecular flexibility index (Phi) is 10.7. The molecule has 6 heteroatoms. The Hall–Kier alpha value is -2.50. The van der Waals surface area contributed by atoms with Gasteiger partial charge in [-0.15, -0.1) is 0 Å². The van der Waals surface area contributed by atoms with Crippen LogP contribution in [0.4, 0.5) is 4.39 Å². The van der Waals surface area contributed by atoms with E-state index in [-0.39, 0.29) is 18.3 Å². The number of hydrogen-bond donors (Lipinski definition) is 1. The number of carbonyl (C=O) groups excluding carboxylic acids is 1. The molecule has 24 heavy (non-hydrogen) atoms. The third-order valence-electron chi connectivity index (χ3n) is 2.65. The highest BCUT2D eigenvalue weighted by atomic mass is 19.1. The van der Waals surface area contributed by atoms with Crippen molar-refractivity contribution in [2.45, 2.75) is 41.2 Å². The zero-order chi connectivity index (χ0) is 18.5. The zero-order valence-corrected chi connectivity index (χ0v) is 15.2. The highest BCUT2D eigenvalue weighted by Gasteiger charge is 2.10. The van der Waals surface area contributed by atoms with Crippen LogP contribution in [-0.4, -0.2) is 23.0 Å². The summed E-state index contributed by atoms with van der Waals surface area (Å²) in [5, 5.41) is 2.68. The molecule has 0 saturated heterocycles. The fraction of sp³-hybridized carbons (Fsp3) is 0.389. The number of amides is 1. The van der Waals surface area contributed by atoms with Crippen LogP contribution in [0, 0.1) is 12.7 Å². The first-order valence-corrected chi connectivity index (χ1v) is 8.00. The van der Waals surface area contributed by atoms with Crippen molar-refractivity contribution in [1.82, 2.24) is 15.3 Å². The largest absolute Gasteiger partial charge is 0.480 e. The first kappa shape index (κ1) is 21.5. The zero-order valence-electron chi connectivity index (χ0n) is 15.2. The number of aromatic nitrogens is 2. The number of halogens is 1. The van der Waals surface area contributed by atoms with E-state index in [0.717, 1.165) is 5.69 Å². The van der Waals surface area contributed by atoms with E-state index in [0.29, 0.717) is 17.1 Å². The van der Waals surface area contributed by atoms with Crippen molar-refractivity contribution in [2.24, 2.45) is 0 Å². The van der Waals surface area contributed by atoms with Crippen LogP contribution in [0.2, 0.25) is 0 Å². The Balaban J connectivity index is 0.00000123. The summed E-state index contributed by atoms with van der Waals surface area (Å²) in [4.78, 5) is 20.2. The lowest BCUT2D eigenvalue weighted by Gasteiger charge is -2.08. The molecule has 1 aromatic carbocycles. The Bertz CT molecular complexity index is 616. The van der Waals surface area contributed by atoms with Crippen LogP contribution in [0.3, 0.4) is 0 Å². The number of nitrogens with zero attached hydrogens (tertiary/aromatic N) is 2. The van der Waals surface area contributed by atoms with Crippen LogP contribution < -0.4 is 10.1 Å². The third kappa shape index (κ3) is 6.73. The molecule has 132 valence electrons. The van der Waals surface area contributed by atoms with E-state index in [2.05, 4.69) is 15.3 Å². The maximum Gasteiger partial charge on any atom is 0.251 e. The van der Waals surface area contributed by atoms with Crippen molar-refractivity contribution in [3.05, 3.63) is 53.2 Å². The van der Waals surface area contributed by atoms with E-state index in [1.807, 2.05) is 27.7 Å². The van der Waals surface area contributed by atoms with Gasteiger partial charge in [-0.25, -0.2) is 9.37 Å². The van der Waals surface area contributed by atoms with Crippen LogP contribution >= 0.6 is 0 Å². The van der Waals surface area contributed by atoms with Crippen LogP contribution in [0.15, 0.2) is 30.5 Å².